The Hall–Kier alpha value is -5.10. The molecule has 0 aliphatic heterocycles. The van der Waals surface area contributed by atoms with Crippen LogP contribution in [0.25, 0.3) is 33.2 Å². The van der Waals surface area contributed by atoms with Crippen molar-refractivity contribution in [2.45, 2.75) is 13.3 Å². The lowest BCUT2D eigenvalue weighted by Crippen LogP contribution is -1.99. The molecule has 0 unspecified atom stereocenters. The van der Waals surface area contributed by atoms with E-state index in [9.17, 15) is 0 Å². The molecule has 0 bridgehead atoms. The highest BCUT2D eigenvalue weighted by Crippen LogP contribution is 2.34. The fourth-order valence-corrected chi connectivity index (χ4v) is 4.40. The van der Waals surface area contributed by atoms with Crippen LogP contribution in [0.3, 0.4) is 0 Å². The van der Waals surface area contributed by atoms with Crippen molar-refractivity contribution in [2.24, 2.45) is 0 Å². The molecule has 0 amide bonds. The standard InChI is InChI=1S/C32H25N5O/c1-2-24-20-23(16-19-34-24)29-21-33-18-17-30(29)38-26-14-12-25(13-15-26)35-32-28-11-7-6-10-27(28)31(36-37-32)22-8-4-3-5-9-22/h3-21H,2H2,1H3,(H,35,37). The Morgan fingerprint density at radius 1 is 0.737 bits per heavy atom. The van der Waals surface area contributed by atoms with Crippen LogP contribution in [-0.4, -0.2) is 20.2 Å². The first-order chi connectivity index (χ1) is 18.8. The lowest BCUT2D eigenvalue weighted by molar-refractivity contribution is 0.484. The Morgan fingerprint density at radius 3 is 2.34 bits per heavy atom. The highest BCUT2D eigenvalue weighted by molar-refractivity contribution is 6.00. The minimum atomic E-state index is 0.704. The molecule has 0 saturated carbocycles. The number of pyridine rings is 2. The van der Waals surface area contributed by atoms with Crippen LogP contribution in [-0.2, 0) is 6.42 Å². The van der Waals surface area contributed by atoms with Gasteiger partial charge in [-0.2, -0.15) is 0 Å². The first kappa shape index (κ1) is 23.3. The van der Waals surface area contributed by atoms with Gasteiger partial charge in [0, 0.05) is 51.9 Å². The van der Waals surface area contributed by atoms with Crippen LogP contribution in [0.15, 0.2) is 116 Å². The van der Waals surface area contributed by atoms with E-state index in [0.717, 1.165) is 62.5 Å². The van der Waals surface area contributed by atoms with Crippen LogP contribution in [0.4, 0.5) is 11.5 Å². The molecule has 3 heterocycles. The van der Waals surface area contributed by atoms with E-state index in [-0.39, 0.29) is 0 Å². The van der Waals surface area contributed by atoms with E-state index in [1.807, 2.05) is 91.3 Å². The number of hydrogen-bond acceptors (Lipinski definition) is 6. The summed E-state index contributed by atoms with van der Waals surface area (Å²) in [5.74, 6) is 2.17. The third-order valence-electron chi connectivity index (χ3n) is 6.35. The van der Waals surface area contributed by atoms with Gasteiger partial charge in [-0.05, 0) is 54.4 Å². The Balaban J connectivity index is 1.25. The second-order valence-corrected chi connectivity index (χ2v) is 8.82. The molecule has 6 nitrogen and oxygen atoms in total. The van der Waals surface area contributed by atoms with E-state index >= 15 is 0 Å². The molecule has 0 spiro atoms. The Morgan fingerprint density at radius 2 is 1.53 bits per heavy atom. The van der Waals surface area contributed by atoms with Crippen molar-refractivity contribution >= 4 is 22.3 Å². The number of nitrogens with zero attached hydrogens (tertiary/aromatic N) is 4. The molecule has 184 valence electrons. The molecule has 0 fully saturated rings. The Bertz CT molecular complexity index is 1700. The van der Waals surface area contributed by atoms with Gasteiger partial charge in [0.1, 0.15) is 17.2 Å². The number of nitrogens with one attached hydrogen (secondary N) is 1. The molecule has 1 N–H and O–H groups in total. The van der Waals surface area contributed by atoms with Crippen LogP contribution < -0.4 is 10.1 Å². The normalized spacial score (nSPS) is 10.9. The van der Waals surface area contributed by atoms with E-state index in [1.54, 1.807) is 6.20 Å². The van der Waals surface area contributed by atoms with E-state index in [4.69, 9.17) is 4.74 Å². The molecule has 0 atom stereocenters. The topological polar surface area (TPSA) is 72.8 Å². The summed E-state index contributed by atoms with van der Waals surface area (Å²) in [6.45, 7) is 2.09. The number of ether oxygens (including phenoxy) is 1. The fourth-order valence-electron chi connectivity index (χ4n) is 4.40. The second-order valence-electron chi connectivity index (χ2n) is 8.82. The number of fused-ring (bicyclic) bond motifs is 1. The van der Waals surface area contributed by atoms with Gasteiger partial charge < -0.3 is 10.1 Å². The summed E-state index contributed by atoms with van der Waals surface area (Å²) < 4.78 is 6.26. The molecule has 0 aliphatic carbocycles. The maximum atomic E-state index is 6.26. The van der Waals surface area contributed by atoms with Gasteiger partial charge in [-0.25, -0.2) is 0 Å². The molecular formula is C32H25N5O. The lowest BCUT2D eigenvalue weighted by Gasteiger charge is -2.13. The van der Waals surface area contributed by atoms with Gasteiger partial charge in [0.2, 0.25) is 0 Å². The van der Waals surface area contributed by atoms with Crippen LogP contribution in [0.1, 0.15) is 12.6 Å². The summed E-state index contributed by atoms with van der Waals surface area (Å²) in [6, 6.07) is 32.0. The van der Waals surface area contributed by atoms with Crippen LogP contribution in [0, 0.1) is 0 Å². The van der Waals surface area contributed by atoms with Gasteiger partial charge in [-0.15, -0.1) is 10.2 Å². The lowest BCUT2D eigenvalue weighted by atomic mass is 10.0. The van der Waals surface area contributed by atoms with Gasteiger partial charge >= 0.3 is 0 Å². The molecule has 6 aromatic rings. The molecule has 0 radical (unpaired) electrons. The van der Waals surface area contributed by atoms with Gasteiger partial charge in [0.15, 0.2) is 5.82 Å². The maximum Gasteiger partial charge on any atom is 0.161 e. The first-order valence-corrected chi connectivity index (χ1v) is 12.5. The molecule has 0 saturated heterocycles. The molecule has 38 heavy (non-hydrogen) atoms. The van der Waals surface area contributed by atoms with Crippen LogP contribution in [0.2, 0.25) is 0 Å². The number of anilines is 2. The van der Waals surface area contributed by atoms with Gasteiger partial charge in [0.25, 0.3) is 0 Å². The van der Waals surface area contributed by atoms with Crippen molar-refractivity contribution in [1.82, 2.24) is 20.2 Å². The van der Waals surface area contributed by atoms with E-state index in [1.165, 1.54) is 0 Å². The Kier molecular flexibility index (Phi) is 6.43. The van der Waals surface area contributed by atoms with Crippen LogP contribution in [0.5, 0.6) is 11.5 Å². The van der Waals surface area contributed by atoms with Crippen molar-refractivity contribution in [3.05, 3.63) is 121 Å². The van der Waals surface area contributed by atoms with Gasteiger partial charge in [-0.1, -0.05) is 61.5 Å². The monoisotopic (exact) mass is 495 g/mol. The zero-order valence-corrected chi connectivity index (χ0v) is 20.9. The number of benzene rings is 3. The fraction of sp³-hybridized carbons (Fsp3) is 0.0625. The summed E-state index contributed by atoms with van der Waals surface area (Å²) in [5.41, 5.74) is 5.78. The number of aromatic nitrogens is 4. The zero-order valence-electron chi connectivity index (χ0n) is 20.9. The van der Waals surface area contributed by atoms with E-state index in [0.29, 0.717) is 5.82 Å². The maximum absolute atomic E-state index is 6.26. The highest BCUT2D eigenvalue weighted by Gasteiger charge is 2.12. The number of aryl methyl sites for hydroxylation is 1. The Labute approximate surface area is 221 Å². The minimum Gasteiger partial charge on any atom is -0.457 e. The third kappa shape index (κ3) is 4.80. The number of hydrogen-bond donors (Lipinski definition) is 1. The van der Waals surface area contributed by atoms with Crippen molar-refractivity contribution in [3.63, 3.8) is 0 Å². The molecular weight excluding hydrogens is 470 g/mol. The van der Waals surface area contributed by atoms with Crippen molar-refractivity contribution in [2.75, 3.05) is 5.32 Å². The highest BCUT2D eigenvalue weighted by atomic mass is 16.5. The summed E-state index contributed by atoms with van der Waals surface area (Å²) in [4.78, 5) is 8.71. The van der Waals surface area contributed by atoms with Crippen molar-refractivity contribution in [1.29, 1.82) is 0 Å². The number of rotatable bonds is 7. The first-order valence-electron chi connectivity index (χ1n) is 12.5. The molecule has 3 aromatic heterocycles. The molecule has 0 aliphatic rings. The average molecular weight is 496 g/mol. The predicted molar refractivity (Wildman–Crippen MR) is 152 cm³/mol. The van der Waals surface area contributed by atoms with E-state index in [2.05, 4.69) is 50.6 Å². The average Bonchev–Trinajstić information content (AvgIpc) is 2.99. The smallest absolute Gasteiger partial charge is 0.161 e. The quantitative estimate of drug-likeness (QED) is 0.243. The molecule has 6 heteroatoms. The second kappa shape index (κ2) is 10.5. The largest absolute Gasteiger partial charge is 0.457 e. The molecule has 3 aromatic carbocycles. The SMILES string of the molecule is CCc1cc(-c2cnccc2Oc2ccc(Nc3nnc(-c4ccccc4)c4ccccc34)cc2)ccn1. The summed E-state index contributed by atoms with van der Waals surface area (Å²) in [6.07, 6.45) is 6.25. The summed E-state index contributed by atoms with van der Waals surface area (Å²) in [5, 5.41) is 14.5. The van der Waals surface area contributed by atoms with Crippen molar-refractivity contribution in [3.8, 4) is 33.9 Å². The minimum absolute atomic E-state index is 0.704. The predicted octanol–water partition coefficient (Wildman–Crippen LogP) is 7.85. The molecule has 6 rings (SSSR count). The van der Waals surface area contributed by atoms with Crippen LogP contribution >= 0.6 is 0 Å². The summed E-state index contributed by atoms with van der Waals surface area (Å²) >= 11 is 0. The van der Waals surface area contributed by atoms with Crippen molar-refractivity contribution < 1.29 is 4.74 Å². The van der Waals surface area contributed by atoms with E-state index < -0.39 is 0 Å². The summed E-state index contributed by atoms with van der Waals surface area (Å²) in [7, 11) is 0. The van der Waals surface area contributed by atoms with Gasteiger partial charge in [-0.3, -0.25) is 9.97 Å². The zero-order chi connectivity index (χ0) is 25.7. The van der Waals surface area contributed by atoms with Gasteiger partial charge in [0.05, 0.1) is 0 Å². The third-order valence-corrected chi connectivity index (χ3v) is 6.35.